The molecule has 3 aromatic rings. The van der Waals surface area contributed by atoms with Gasteiger partial charge in [-0.2, -0.15) is 0 Å². The maximum Gasteiger partial charge on any atom is 0.255 e. The molecule has 134 valence electrons. The molecule has 0 aliphatic carbocycles. The Bertz CT molecular complexity index is 916. The summed E-state index contributed by atoms with van der Waals surface area (Å²) in [7, 11) is 3.01. The van der Waals surface area contributed by atoms with E-state index in [4.69, 9.17) is 21.1 Å². The Morgan fingerprint density at radius 3 is 2.65 bits per heavy atom. The van der Waals surface area contributed by atoms with Crippen LogP contribution in [0.4, 0.5) is 16.5 Å². The smallest absolute Gasteiger partial charge is 0.255 e. The molecule has 0 unspecified atom stereocenters. The molecule has 0 saturated heterocycles. The van der Waals surface area contributed by atoms with E-state index in [1.165, 1.54) is 25.6 Å². The number of amides is 1. The van der Waals surface area contributed by atoms with E-state index in [1.54, 1.807) is 36.5 Å². The van der Waals surface area contributed by atoms with Crippen molar-refractivity contribution >= 4 is 45.4 Å². The second kappa shape index (κ2) is 8.07. The number of benzene rings is 2. The summed E-state index contributed by atoms with van der Waals surface area (Å²) in [5, 5.41) is 9.01. The first-order valence-corrected chi connectivity index (χ1v) is 8.86. The average Bonchev–Trinajstić information content (AvgIpc) is 3.16. The standard InChI is InChI=1S/C18H16ClN3O3S/c1-24-15-10-14(16(25-2)9-13(15)19)22-17(23)11-4-3-5-12(8-11)21-18-20-6-7-26-18/h3-10H,1-2H3,(H,20,21)(H,22,23). The molecule has 1 aromatic heterocycles. The summed E-state index contributed by atoms with van der Waals surface area (Å²) < 4.78 is 10.5. The number of anilines is 3. The molecule has 0 radical (unpaired) electrons. The summed E-state index contributed by atoms with van der Waals surface area (Å²) in [6.07, 6.45) is 1.71. The summed E-state index contributed by atoms with van der Waals surface area (Å²) in [4.78, 5) is 16.8. The fourth-order valence-corrected chi connectivity index (χ4v) is 3.08. The van der Waals surface area contributed by atoms with Gasteiger partial charge in [0.15, 0.2) is 5.13 Å². The van der Waals surface area contributed by atoms with Gasteiger partial charge in [-0.1, -0.05) is 17.7 Å². The Hall–Kier alpha value is -2.77. The maximum absolute atomic E-state index is 12.6. The van der Waals surface area contributed by atoms with Crippen LogP contribution in [0, 0.1) is 0 Å². The number of aromatic nitrogens is 1. The van der Waals surface area contributed by atoms with Gasteiger partial charge in [0.05, 0.1) is 24.9 Å². The van der Waals surface area contributed by atoms with Gasteiger partial charge in [-0.15, -0.1) is 11.3 Å². The van der Waals surface area contributed by atoms with Crippen LogP contribution in [0.15, 0.2) is 48.0 Å². The first-order valence-electron chi connectivity index (χ1n) is 7.60. The number of nitrogens with zero attached hydrogens (tertiary/aromatic N) is 1. The molecule has 0 aliphatic rings. The fraction of sp³-hybridized carbons (Fsp3) is 0.111. The molecule has 1 amide bonds. The minimum absolute atomic E-state index is 0.282. The van der Waals surface area contributed by atoms with Crippen LogP contribution < -0.4 is 20.1 Å². The van der Waals surface area contributed by atoms with Crippen LogP contribution in [0.2, 0.25) is 5.02 Å². The molecule has 0 bridgehead atoms. The number of nitrogens with one attached hydrogen (secondary N) is 2. The fourth-order valence-electron chi connectivity index (χ4n) is 2.30. The van der Waals surface area contributed by atoms with Crippen molar-refractivity contribution in [1.29, 1.82) is 0 Å². The van der Waals surface area contributed by atoms with E-state index in [2.05, 4.69) is 15.6 Å². The molecule has 2 N–H and O–H groups in total. The third-order valence-electron chi connectivity index (χ3n) is 3.53. The van der Waals surface area contributed by atoms with E-state index in [0.29, 0.717) is 27.8 Å². The van der Waals surface area contributed by atoms with Crippen LogP contribution in [0.25, 0.3) is 0 Å². The van der Waals surface area contributed by atoms with Crippen LogP contribution >= 0.6 is 22.9 Å². The third-order valence-corrected chi connectivity index (χ3v) is 4.51. The number of carbonyl (C=O) groups excluding carboxylic acids is 1. The van der Waals surface area contributed by atoms with Gasteiger partial charge in [-0.3, -0.25) is 4.79 Å². The largest absolute Gasteiger partial charge is 0.495 e. The second-order valence-corrected chi connectivity index (χ2v) is 6.49. The zero-order valence-corrected chi connectivity index (χ0v) is 15.6. The van der Waals surface area contributed by atoms with Crippen LogP contribution in [-0.4, -0.2) is 25.1 Å². The highest BCUT2D eigenvalue weighted by Crippen LogP contribution is 2.36. The van der Waals surface area contributed by atoms with Crippen molar-refractivity contribution in [3.8, 4) is 11.5 Å². The van der Waals surface area contributed by atoms with Crippen molar-refractivity contribution < 1.29 is 14.3 Å². The molecule has 0 saturated carbocycles. The monoisotopic (exact) mass is 389 g/mol. The number of ether oxygens (including phenoxy) is 2. The van der Waals surface area contributed by atoms with E-state index in [-0.39, 0.29) is 5.91 Å². The van der Waals surface area contributed by atoms with Crippen molar-refractivity contribution in [2.45, 2.75) is 0 Å². The van der Waals surface area contributed by atoms with Gasteiger partial charge < -0.3 is 20.1 Å². The lowest BCUT2D eigenvalue weighted by molar-refractivity contribution is 0.102. The van der Waals surface area contributed by atoms with Crippen LogP contribution in [0.5, 0.6) is 11.5 Å². The summed E-state index contributed by atoms with van der Waals surface area (Å²) >= 11 is 7.57. The maximum atomic E-state index is 12.6. The lowest BCUT2D eigenvalue weighted by atomic mass is 10.1. The Labute approximate surface area is 159 Å². The Balaban J connectivity index is 1.82. The molecule has 0 atom stereocenters. The van der Waals surface area contributed by atoms with Crippen LogP contribution in [-0.2, 0) is 0 Å². The van der Waals surface area contributed by atoms with Crippen molar-refractivity contribution in [2.24, 2.45) is 0 Å². The minimum Gasteiger partial charge on any atom is -0.495 e. The van der Waals surface area contributed by atoms with E-state index in [1.807, 2.05) is 11.4 Å². The zero-order chi connectivity index (χ0) is 18.5. The van der Waals surface area contributed by atoms with E-state index >= 15 is 0 Å². The highest BCUT2D eigenvalue weighted by molar-refractivity contribution is 7.13. The number of hydrogen-bond donors (Lipinski definition) is 2. The lowest BCUT2D eigenvalue weighted by Crippen LogP contribution is -2.13. The van der Waals surface area contributed by atoms with Crippen LogP contribution in [0.1, 0.15) is 10.4 Å². The van der Waals surface area contributed by atoms with E-state index in [0.717, 1.165) is 10.8 Å². The van der Waals surface area contributed by atoms with Gasteiger partial charge in [0.2, 0.25) is 0 Å². The lowest BCUT2D eigenvalue weighted by Gasteiger charge is -2.13. The van der Waals surface area contributed by atoms with Gasteiger partial charge in [0.1, 0.15) is 11.5 Å². The highest BCUT2D eigenvalue weighted by Gasteiger charge is 2.14. The molecule has 8 heteroatoms. The molecule has 2 aromatic carbocycles. The first-order chi connectivity index (χ1) is 12.6. The molecule has 3 rings (SSSR count). The molecule has 0 fully saturated rings. The molecule has 0 spiro atoms. The zero-order valence-electron chi connectivity index (χ0n) is 14.1. The van der Waals surface area contributed by atoms with Gasteiger partial charge in [0, 0.05) is 35.0 Å². The number of thiazole rings is 1. The van der Waals surface area contributed by atoms with Gasteiger partial charge in [-0.05, 0) is 18.2 Å². The molecule has 1 heterocycles. The molecular formula is C18H16ClN3O3S. The summed E-state index contributed by atoms with van der Waals surface area (Å²) in [6, 6.07) is 10.3. The van der Waals surface area contributed by atoms with Crippen molar-refractivity contribution in [3.63, 3.8) is 0 Å². The summed E-state index contributed by atoms with van der Waals surface area (Å²) in [5.74, 6) is 0.610. The normalized spacial score (nSPS) is 10.3. The Morgan fingerprint density at radius 2 is 1.96 bits per heavy atom. The van der Waals surface area contributed by atoms with Gasteiger partial charge in [0.25, 0.3) is 5.91 Å². The van der Waals surface area contributed by atoms with Crippen LogP contribution in [0.3, 0.4) is 0 Å². The van der Waals surface area contributed by atoms with Crippen molar-refractivity contribution in [2.75, 3.05) is 24.9 Å². The summed E-state index contributed by atoms with van der Waals surface area (Å²) in [6.45, 7) is 0. The third kappa shape index (κ3) is 4.07. The number of rotatable bonds is 6. The van der Waals surface area contributed by atoms with Gasteiger partial charge >= 0.3 is 0 Å². The second-order valence-electron chi connectivity index (χ2n) is 5.18. The topological polar surface area (TPSA) is 72.5 Å². The van der Waals surface area contributed by atoms with Crippen molar-refractivity contribution in [3.05, 3.63) is 58.6 Å². The number of halogens is 1. The predicted molar refractivity (Wildman–Crippen MR) is 104 cm³/mol. The quantitative estimate of drug-likeness (QED) is 0.633. The number of hydrogen-bond acceptors (Lipinski definition) is 6. The Kier molecular flexibility index (Phi) is 5.60. The molecule has 26 heavy (non-hydrogen) atoms. The van der Waals surface area contributed by atoms with E-state index < -0.39 is 0 Å². The minimum atomic E-state index is -0.282. The SMILES string of the molecule is COc1cc(NC(=O)c2cccc(Nc3nccs3)c2)c(OC)cc1Cl. The Morgan fingerprint density at radius 1 is 1.15 bits per heavy atom. The van der Waals surface area contributed by atoms with Crippen molar-refractivity contribution in [1.82, 2.24) is 4.98 Å². The molecular weight excluding hydrogens is 374 g/mol. The predicted octanol–water partition coefficient (Wildman–Crippen LogP) is 4.81. The van der Waals surface area contributed by atoms with Gasteiger partial charge in [-0.25, -0.2) is 4.98 Å². The molecule has 6 nitrogen and oxygen atoms in total. The average molecular weight is 390 g/mol. The number of methoxy groups -OCH3 is 2. The molecule has 0 aliphatic heterocycles. The first kappa shape index (κ1) is 18.0. The van der Waals surface area contributed by atoms with E-state index in [9.17, 15) is 4.79 Å². The highest BCUT2D eigenvalue weighted by atomic mass is 35.5. The number of carbonyl (C=O) groups is 1. The summed E-state index contributed by atoms with van der Waals surface area (Å²) in [5.41, 5.74) is 1.73.